The summed E-state index contributed by atoms with van der Waals surface area (Å²) in [5.41, 5.74) is 1.29. The van der Waals surface area contributed by atoms with Crippen LogP contribution in [0.3, 0.4) is 0 Å². The Bertz CT molecular complexity index is 874. The van der Waals surface area contributed by atoms with E-state index in [0.717, 1.165) is 6.07 Å². The lowest BCUT2D eigenvalue weighted by atomic mass is 10.1. The van der Waals surface area contributed by atoms with E-state index in [4.69, 9.17) is 31.9 Å². The minimum absolute atomic E-state index is 0.108. The molecule has 1 aromatic carbocycles. The summed E-state index contributed by atoms with van der Waals surface area (Å²) in [5, 5.41) is 28.4. The molecule has 0 unspecified atom stereocenters. The zero-order valence-corrected chi connectivity index (χ0v) is 14.3. The number of carbonyl (C=O) groups excluding carboxylic acids is 1. The molecule has 0 radical (unpaired) electrons. The normalized spacial score (nSPS) is 11.6. The Morgan fingerprint density at radius 1 is 1.41 bits per heavy atom. The van der Waals surface area contributed by atoms with Crippen molar-refractivity contribution in [3.63, 3.8) is 0 Å². The van der Waals surface area contributed by atoms with Gasteiger partial charge in [-0.1, -0.05) is 11.6 Å². The highest BCUT2D eigenvalue weighted by Gasteiger charge is 2.22. The maximum atomic E-state index is 14.3. The van der Waals surface area contributed by atoms with Crippen LogP contribution in [0, 0.1) is 23.0 Å². The van der Waals surface area contributed by atoms with Crippen LogP contribution in [0.2, 0.25) is 5.02 Å². The number of benzene rings is 1. The van der Waals surface area contributed by atoms with Crippen LogP contribution >= 0.6 is 11.6 Å². The molecular weight excluding hydrogens is 386 g/mol. The molecule has 4 N–H and O–H groups in total. The summed E-state index contributed by atoms with van der Waals surface area (Å²) in [5.74, 6) is -3.76. The smallest absolute Gasteiger partial charge is 0.277 e. The fraction of sp³-hybridized carbons (Fsp3) is 0.188. The first-order valence-electron chi connectivity index (χ1n) is 7.39. The monoisotopic (exact) mass is 398 g/mol. The molecule has 0 saturated carbocycles. The predicted octanol–water partition coefficient (Wildman–Crippen LogP) is 1.64. The number of hydroxylamine groups is 1. The van der Waals surface area contributed by atoms with Gasteiger partial charge in [-0.15, -0.1) is 0 Å². The minimum atomic E-state index is -1.41. The van der Waals surface area contributed by atoms with Crippen LogP contribution in [0.1, 0.15) is 16.1 Å². The van der Waals surface area contributed by atoms with Crippen molar-refractivity contribution in [2.75, 3.05) is 18.5 Å². The maximum Gasteiger partial charge on any atom is 0.277 e. The van der Waals surface area contributed by atoms with E-state index in [1.807, 2.05) is 5.48 Å². The summed E-state index contributed by atoms with van der Waals surface area (Å²) < 4.78 is 28.2. The second-order valence-electron chi connectivity index (χ2n) is 5.16. The number of halogens is 3. The second kappa shape index (κ2) is 9.20. The molecule has 0 aliphatic heterocycles. The van der Waals surface area contributed by atoms with Crippen molar-refractivity contribution in [3.8, 4) is 6.07 Å². The number of nitrogens with one attached hydrogen (secondary N) is 2. The Hall–Kier alpha value is -2.84. The van der Waals surface area contributed by atoms with Gasteiger partial charge in [-0.3, -0.25) is 9.63 Å². The summed E-state index contributed by atoms with van der Waals surface area (Å²) >= 11 is 5.60. The quantitative estimate of drug-likeness (QED) is 0.412. The van der Waals surface area contributed by atoms with E-state index in [-0.39, 0.29) is 16.9 Å². The molecule has 142 valence electrons. The van der Waals surface area contributed by atoms with Gasteiger partial charge in [0.1, 0.15) is 24.5 Å². The molecule has 0 aliphatic carbocycles. The van der Waals surface area contributed by atoms with Crippen LogP contribution in [0.25, 0.3) is 0 Å². The summed E-state index contributed by atoms with van der Waals surface area (Å²) in [6.07, 6.45) is -0.0403. The highest BCUT2D eigenvalue weighted by Crippen LogP contribution is 2.31. The Labute approximate surface area is 156 Å². The van der Waals surface area contributed by atoms with Gasteiger partial charge in [-0.2, -0.15) is 5.26 Å². The van der Waals surface area contributed by atoms with E-state index >= 15 is 0 Å². The largest absolute Gasteiger partial charge is 0.394 e. The third-order valence-electron chi connectivity index (χ3n) is 3.21. The molecule has 11 heteroatoms. The van der Waals surface area contributed by atoms with Gasteiger partial charge in [0.2, 0.25) is 0 Å². The van der Waals surface area contributed by atoms with Crippen molar-refractivity contribution >= 4 is 28.9 Å². The minimum Gasteiger partial charge on any atom is -0.394 e. The number of nitriles is 1. The van der Waals surface area contributed by atoms with E-state index in [0.29, 0.717) is 0 Å². The maximum absolute atomic E-state index is 14.3. The number of hydrogen-bond donors (Lipinski definition) is 4. The number of carbonyl (C=O) groups is 1. The average Bonchev–Trinajstić information content (AvgIpc) is 2.68. The summed E-state index contributed by atoms with van der Waals surface area (Å²) in [6, 6.07) is 5.41. The zero-order chi connectivity index (χ0) is 20.0. The first kappa shape index (κ1) is 20.5. The third kappa shape index (κ3) is 5.08. The topological polar surface area (TPSA) is 128 Å². The number of nitrogens with zero attached hydrogens (tertiary/aromatic N) is 2. The van der Waals surface area contributed by atoms with E-state index < -0.39 is 47.6 Å². The van der Waals surface area contributed by atoms with Gasteiger partial charge in [-0.25, -0.2) is 19.2 Å². The highest BCUT2D eigenvalue weighted by molar-refractivity contribution is 6.31. The summed E-state index contributed by atoms with van der Waals surface area (Å²) in [4.78, 5) is 20.7. The van der Waals surface area contributed by atoms with Crippen molar-refractivity contribution in [3.05, 3.63) is 52.3 Å². The Kier molecular flexibility index (Phi) is 6.98. The van der Waals surface area contributed by atoms with Gasteiger partial charge in [0, 0.05) is 0 Å². The van der Waals surface area contributed by atoms with Gasteiger partial charge in [0.05, 0.1) is 34.8 Å². The molecule has 27 heavy (non-hydrogen) atoms. The van der Waals surface area contributed by atoms with E-state index in [1.54, 1.807) is 6.07 Å². The number of amides is 1. The molecular formula is C16H13ClF2N4O4. The first-order chi connectivity index (χ1) is 12.9. The number of rotatable bonds is 7. The Morgan fingerprint density at radius 2 is 2.15 bits per heavy atom. The third-order valence-corrected chi connectivity index (χ3v) is 3.48. The SMILES string of the molecule is N#Cc1ccc(Nc2c(C(=O)NOC[C@H](O)CO)cc(Cl)c(F)c2F)cn1. The lowest BCUT2D eigenvalue weighted by molar-refractivity contribution is -0.0295. The molecule has 0 fully saturated rings. The molecule has 1 heterocycles. The van der Waals surface area contributed by atoms with Crippen molar-refractivity contribution in [2.45, 2.75) is 6.10 Å². The van der Waals surface area contributed by atoms with Gasteiger partial charge in [0.15, 0.2) is 11.6 Å². The number of anilines is 2. The Balaban J connectivity index is 2.30. The molecule has 2 rings (SSSR count). The molecule has 0 saturated heterocycles. The number of hydrogen-bond acceptors (Lipinski definition) is 7. The lowest BCUT2D eigenvalue weighted by Crippen LogP contribution is -2.30. The Morgan fingerprint density at radius 3 is 2.74 bits per heavy atom. The number of aliphatic hydroxyl groups excluding tert-OH is 2. The van der Waals surface area contributed by atoms with Crippen molar-refractivity contribution in [1.29, 1.82) is 5.26 Å². The van der Waals surface area contributed by atoms with Crippen LogP contribution in [-0.4, -0.2) is 40.4 Å². The van der Waals surface area contributed by atoms with Crippen molar-refractivity contribution in [2.24, 2.45) is 0 Å². The standard InChI is InChI=1S/C16H13ClF2N4O4/c17-12-3-11(16(26)23-27-7-10(25)6-24)15(14(19)13(12)18)22-9-2-1-8(4-20)21-5-9/h1-3,5,10,22,24-25H,6-7H2,(H,23,26)/t10-/m1/s1. The molecule has 0 bridgehead atoms. The van der Waals surface area contributed by atoms with Gasteiger partial charge in [-0.05, 0) is 18.2 Å². The van der Waals surface area contributed by atoms with E-state index in [9.17, 15) is 13.6 Å². The first-order valence-corrected chi connectivity index (χ1v) is 7.76. The van der Waals surface area contributed by atoms with Gasteiger partial charge in [0.25, 0.3) is 5.91 Å². The zero-order valence-electron chi connectivity index (χ0n) is 13.5. The number of pyridine rings is 1. The predicted molar refractivity (Wildman–Crippen MR) is 90.1 cm³/mol. The van der Waals surface area contributed by atoms with Crippen molar-refractivity contribution < 1.29 is 28.6 Å². The van der Waals surface area contributed by atoms with E-state index in [1.165, 1.54) is 18.3 Å². The fourth-order valence-electron chi connectivity index (χ4n) is 1.89. The van der Waals surface area contributed by atoms with Gasteiger partial charge < -0.3 is 15.5 Å². The van der Waals surface area contributed by atoms with Crippen molar-refractivity contribution in [1.82, 2.24) is 10.5 Å². The van der Waals surface area contributed by atoms with Crippen LogP contribution < -0.4 is 10.8 Å². The summed E-state index contributed by atoms with van der Waals surface area (Å²) in [7, 11) is 0. The van der Waals surface area contributed by atoms with Crippen LogP contribution in [-0.2, 0) is 4.84 Å². The van der Waals surface area contributed by atoms with Crippen LogP contribution in [0.5, 0.6) is 0 Å². The highest BCUT2D eigenvalue weighted by atomic mass is 35.5. The molecule has 0 spiro atoms. The molecule has 8 nitrogen and oxygen atoms in total. The molecule has 0 aliphatic rings. The number of aliphatic hydroxyl groups is 2. The fourth-order valence-corrected chi connectivity index (χ4v) is 2.08. The molecule has 1 amide bonds. The number of aromatic nitrogens is 1. The molecule has 1 atom stereocenters. The van der Waals surface area contributed by atoms with Crippen LogP contribution in [0.15, 0.2) is 24.4 Å². The van der Waals surface area contributed by atoms with Crippen LogP contribution in [0.4, 0.5) is 20.2 Å². The lowest BCUT2D eigenvalue weighted by Gasteiger charge is -2.15. The van der Waals surface area contributed by atoms with E-state index in [2.05, 4.69) is 10.3 Å². The molecule has 2 aromatic rings. The van der Waals surface area contributed by atoms with Gasteiger partial charge >= 0.3 is 0 Å². The average molecular weight is 399 g/mol. The second-order valence-corrected chi connectivity index (χ2v) is 5.56. The summed E-state index contributed by atoms with van der Waals surface area (Å²) in [6.45, 7) is -1.02. The molecule has 1 aromatic heterocycles.